The summed E-state index contributed by atoms with van der Waals surface area (Å²) < 4.78 is 18.8. The van der Waals surface area contributed by atoms with Crippen molar-refractivity contribution >= 4 is 11.5 Å². The van der Waals surface area contributed by atoms with Gasteiger partial charge in [0, 0.05) is 17.8 Å². The Labute approximate surface area is 121 Å². The summed E-state index contributed by atoms with van der Waals surface area (Å²) in [5.41, 5.74) is 0.751. The lowest BCUT2D eigenvalue weighted by molar-refractivity contribution is 0.483. The summed E-state index contributed by atoms with van der Waals surface area (Å²) >= 11 is 0. The van der Waals surface area contributed by atoms with Crippen molar-refractivity contribution in [1.29, 1.82) is 0 Å². The van der Waals surface area contributed by atoms with E-state index in [4.69, 9.17) is 4.74 Å². The maximum atomic E-state index is 13.0. The van der Waals surface area contributed by atoms with Crippen LogP contribution in [0, 0.1) is 5.95 Å². The molecule has 1 N–H and O–H groups in total. The Morgan fingerprint density at radius 3 is 2.48 bits per heavy atom. The number of rotatable bonds is 4. The molecule has 0 aliphatic heterocycles. The van der Waals surface area contributed by atoms with Crippen LogP contribution in [0.2, 0.25) is 0 Å². The predicted octanol–water partition coefficient (Wildman–Crippen LogP) is 4.15. The predicted molar refractivity (Wildman–Crippen MR) is 78.2 cm³/mol. The summed E-state index contributed by atoms with van der Waals surface area (Å²) in [5.74, 6) is 1.24. The Morgan fingerprint density at radius 1 is 0.857 bits per heavy atom. The molecule has 0 saturated carbocycles. The number of para-hydroxylation sites is 1. The van der Waals surface area contributed by atoms with Gasteiger partial charge in [0.1, 0.15) is 23.6 Å². The van der Waals surface area contributed by atoms with Gasteiger partial charge >= 0.3 is 0 Å². The summed E-state index contributed by atoms with van der Waals surface area (Å²) in [5, 5.41) is 3.00. The fourth-order valence-electron chi connectivity index (χ4n) is 1.81. The summed E-state index contributed by atoms with van der Waals surface area (Å²) in [7, 11) is 0. The van der Waals surface area contributed by atoms with Gasteiger partial charge in [0.15, 0.2) is 0 Å². The van der Waals surface area contributed by atoms with Crippen LogP contribution in [0.5, 0.6) is 11.5 Å². The van der Waals surface area contributed by atoms with Crippen molar-refractivity contribution in [2.45, 2.75) is 0 Å². The second kappa shape index (κ2) is 6.00. The molecule has 0 radical (unpaired) electrons. The molecule has 21 heavy (non-hydrogen) atoms. The minimum atomic E-state index is -0.579. The van der Waals surface area contributed by atoms with Crippen LogP contribution in [-0.2, 0) is 0 Å². The summed E-state index contributed by atoms with van der Waals surface area (Å²) in [6, 6.07) is 18.1. The molecule has 5 heteroatoms. The molecule has 0 bridgehead atoms. The van der Waals surface area contributed by atoms with E-state index in [1.165, 1.54) is 12.4 Å². The normalized spacial score (nSPS) is 10.1. The van der Waals surface area contributed by atoms with Gasteiger partial charge in [-0.05, 0) is 24.3 Å². The Bertz CT molecular complexity index is 734. The lowest BCUT2D eigenvalue weighted by atomic mass is 10.3. The average Bonchev–Trinajstić information content (AvgIpc) is 2.49. The molecule has 0 saturated heterocycles. The third-order valence-electron chi connectivity index (χ3n) is 2.72. The molecule has 3 rings (SSSR count). The highest BCUT2D eigenvalue weighted by molar-refractivity contribution is 5.58. The third kappa shape index (κ3) is 3.54. The zero-order valence-corrected chi connectivity index (χ0v) is 11.0. The number of nitrogens with one attached hydrogen (secondary N) is 1. The van der Waals surface area contributed by atoms with Gasteiger partial charge in [0.05, 0.1) is 0 Å². The summed E-state index contributed by atoms with van der Waals surface area (Å²) in [6.45, 7) is 0. The molecule has 1 aromatic heterocycles. The van der Waals surface area contributed by atoms with E-state index in [2.05, 4.69) is 15.3 Å². The van der Waals surface area contributed by atoms with Crippen molar-refractivity contribution in [3.63, 3.8) is 0 Å². The Kier molecular flexibility index (Phi) is 3.73. The van der Waals surface area contributed by atoms with Crippen molar-refractivity contribution in [3.8, 4) is 11.5 Å². The standard InChI is InChI=1S/C16H12FN3O/c17-15-10-16(19-11-18-15)20-12-5-4-8-14(9-12)21-13-6-2-1-3-7-13/h1-11H,(H,18,19,20). The van der Waals surface area contributed by atoms with Crippen LogP contribution in [0.4, 0.5) is 15.9 Å². The van der Waals surface area contributed by atoms with Crippen LogP contribution in [0.25, 0.3) is 0 Å². The lowest BCUT2D eigenvalue weighted by Gasteiger charge is -2.09. The fourth-order valence-corrected chi connectivity index (χ4v) is 1.81. The van der Waals surface area contributed by atoms with Crippen LogP contribution < -0.4 is 10.1 Å². The number of hydrogen-bond acceptors (Lipinski definition) is 4. The smallest absolute Gasteiger partial charge is 0.218 e. The van der Waals surface area contributed by atoms with Gasteiger partial charge in [-0.1, -0.05) is 24.3 Å². The second-order valence-electron chi connectivity index (χ2n) is 4.29. The zero-order chi connectivity index (χ0) is 14.5. The number of ether oxygens (including phenoxy) is 1. The summed E-state index contributed by atoms with van der Waals surface area (Å²) in [4.78, 5) is 7.36. The van der Waals surface area contributed by atoms with E-state index in [0.717, 1.165) is 11.4 Å². The first-order valence-corrected chi connectivity index (χ1v) is 6.37. The zero-order valence-electron chi connectivity index (χ0n) is 11.0. The number of benzene rings is 2. The molecule has 0 fully saturated rings. The Morgan fingerprint density at radius 2 is 1.67 bits per heavy atom. The average molecular weight is 281 g/mol. The van der Waals surface area contributed by atoms with Gasteiger partial charge in [0.2, 0.25) is 5.95 Å². The molecule has 0 amide bonds. The number of nitrogens with zero attached hydrogens (tertiary/aromatic N) is 2. The van der Waals surface area contributed by atoms with Crippen LogP contribution >= 0.6 is 0 Å². The highest BCUT2D eigenvalue weighted by Crippen LogP contribution is 2.25. The number of hydrogen-bond donors (Lipinski definition) is 1. The molecular formula is C16H12FN3O. The molecule has 1 heterocycles. The maximum Gasteiger partial charge on any atom is 0.218 e. The maximum absolute atomic E-state index is 13.0. The fraction of sp³-hybridized carbons (Fsp3) is 0. The van der Waals surface area contributed by atoms with Crippen molar-refractivity contribution < 1.29 is 9.13 Å². The minimum Gasteiger partial charge on any atom is -0.457 e. The van der Waals surface area contributed by atoms with E-state index >= 15 is 0 Å². The van der Waals surface area contributed by atoms with E-state index < -0.39 is 5.95 Å². The Balaban J connectivity index is 1.77. The number of anilines is 2. The topological polar surface area (TPSA) is 47.0 Å². The summed E-state index contributed by atoms with van der Waals surface area (Å²) in [6.07, 6.45) is 1.17. The van der Waals surface area contributed by atoms with E-state index in [0.29, 0.717) is 11.6 Å². The van der Waals surface area contributed by atoms with Crippen molar-refractivity contribution in [2.24, 2.45) is 0 Å². The van der Waals surface area contributed by atoms with Crippen LogP contribution in [0.1, 0.15) is 0 Å². The Hall–Kier alpha value is -2.95. The quantitative estimate of drug-likeness (QED) is 0.730. The van der Waals surface area contributed by atoms with Crippen LogP contribution in [0.15, 0.2) is 67.0 Å². The van der Waals surface area contributed by atoms with Crippen LogP contribution in [-0.4, -0.2) is 9.97 Å². The molecule has 2 aromatic carbocycles. The molecule has 104 valence electrons. The van der Waals surface area contributed by atoms with Gasteiger partial charge in [-0.25, -0.2) is 9.97 Å². The molecule has 3 aromatic rings. The van der Waals surface area contributed by atoms with Gasteiger partial charge in [0.25, 0.3) is 0 Å². The van der Waals surface area contributed by atoms with Crippen LogP contribution in [0.3, 0.4) is 0 Å². The van der Waals surface area contributed by atoms with Crippen molar-refractivity contribution in [3.05, 3.63) is 72.9 Å². The molecule has 4 nitrogen and oxygen atoms in total. The number of halogens is 1. The van der Waals surface area contributed by atoms with E-state index in [1.807, 2.05) is 54.6 Å². The molecule has 0 spiro atoms. The van der Waals surface area contributed by atoms with Gasteiger partial charge in [-0.3, -0.25) is 0 Å². The SMILES string of the molecule is Fc1cc(Nc2cccc(Oc3ccccc3)c2)ncn1. The first kappa shape index (κ1) is 13.1. The van der Waals surface area contributed by atoms with Gasteiger partial charge in [-0.15, -0.1) is 0 Å². The van der Waals surface area contributed by atoms with Gasteiger partial charge < -0.3 is 10.1 Å². The van der Waals surface area contributed by atoms with Gasteiger partial charge in [-0.2, -0.15) is 4.39 Å². The van der Waals surface area contributed by atoms with E-state index in [9.17, 15) is 4.39 Å². The lowest BCUT2D eigenvalue weighted by Crippen LogP contribution is -1.96. The second-order valence-corrected chi connectivity index (χ2v) is 4.29. The molecule has 0 unspecified atom stereocenters. The van der Waals surface area contributed by atoms with E-state index in [1.54, 1.807) is 0 Å². The largest absolute Gasteiger partial charge is 0.457 e. The van der Waals surface area contributed by atoms with Crippen molar-refractivity contribution in [1.82, 2.24) is 9.97 Å². The highest BCUT2D eigenvalue weighted by atomic mass is 19.1. The first-order valence-electron chi connectivity index (χ1n) is 6.37. The molecular weight excluding hydrogens is 269 g/mol. The third-order valence-corrected chi connectivity index (χ3v) is 2.72. The molecule has 0 aliphatic carbocycles. The minimum absolute atomic E-state index is 0.388. The first-order chi connectivity index (χ1) is 10.3. The number of aromatic nitrogens is 2. The molecule has 0 aliphatic rings. The van der Waals surface area contributed by atoms with Crippen molar-refractivity contribution in [2.75, 3.05) is 5.32 Å². The monoisotopic (exact) mass is 281 g/mol. The van der Waals surface area contributed by atoms with E-state index in [-0.39, 0.29) is 0 Å². The highest BCUT2D eigenvalue weighted by Gasteiger charge is 2.01. The molecule has 0 atom stereocenters.